The predicted molar refractivity (Wildman–Crippen MR) is 40.1 cm³/mol. The molecule has 0 saturated carbocycles. The standard InChI is InChI=1S/C7H10O4S/c1-7-3-4-2-5(6(7)10-4)11-12(7,8)9/h4-6H,2-3H2,1H3. The van der Waals surface area contributed by atoms with Gasteiger partial charge in [-0.15, -0.1) is 0 Å². The van der Waals surface area contributed by atoms with Gasteiger partial charge in [0, 0.05) is 6.42 Å². The maximum Gasteiger partial charge on any atom is 0.276 e. The maximum atomic E-state index is 11.5. The number of hydrogen-bond donors (Lipinski definition) is 0. The van der Waals surface area contributed by atoms with Crippen molar-refractivity contribution in [3.63, 3.8) is 0 Å². The van der Waals surface area contributed by atoms with E-state index in [1.54, 1.807) is 6.92 Å². The first kappa shape index (κ1) is 7.29. The van der Waals surface area contributed by atoms with Crippen LogP contribution in [-0.4, -0.2) is 31.5 Å². The molecule has 3 saturated heterocycles. The van der Waals surface area contributed by atoms with Crippen LogP contribution in [0.15, 0.2) is 0 Å². The summed E-state index contributed by atoms with van der Waals surface area (Å²) in [6, 6.07) is 0. The van der Waals surface area contributed by atoms with Crippen molar-refractivity contribution in [2.24, 2.45) is 0 Å². The molecule has 0 radical (unpaired) electrons. The molecule has 5 heteroatoms. The van der Waals surface area contributed by atoms with Gasteiger partial charge in [0.1, 0.15) is 17.0 Å². The molecule has 0 aliphatic carbocycles. The van der Waals surface area contributed by atoms with Gasteiger partial charge in [0.05, 0.1) is 6.10 Å². The van der Waals surface area contributed by atoms with E-state index in [1.165, 1.54) is 0 Å². The number of fused-ring (bicyclic) bond motifs is 1. The number of ether oxygens (including phenoxy) is 1. The monoisotopic (exact) mass is 190 g/mol. The molecule has 3 heterocycles. The van der Waals surface area contributed by atoms with Crippen molar-refractivity contribution in [1.29, 1.82) is 0 Å². The lowest BCUT2D eigenvalue weighted by atomic mass is 9.88. The van der Waals surface area contributed by atoms with Crippen LogP contribution in [0.4, 0.5) is 0 Å². The summed E-state index contributed by atoms with van der Waals surface area (Å²) in [7, 11) is -3.36. The van der Waals surface area contributed by atoms with Gasteiger partial charge < -0.3 is 4.74 Å². The molecule has 12 heavy (non-hydrogen) atoms. The first-order valence-corrected chi connectivity index (χ1v) is 5.52. The van der Waals surface area contributed by atoms with Gasteiger partial charge >= 0.3 is 0 Å². The van der Waals surface area contributed by atoms with E-state index in [0.29, 0.717) is 6.42 Å². The van der Waals surface area contributed by atoms with Crippen LogP contribution in [0.3, 0.4) is 0 Å². The van der Waals surface area contributed by atoms with Crippen LogP contribution >= 0.6 is 0 Å². The lowest BCUT2D eigenvalue weighted by molar-refractivity contribution is 0.0763. The zero-order valence-electron chi connectivity index (χ0n) is 6.69. The summed E-state index contributed by atoms with van der Waals surface area (Å²) < 4.78 is 32.7. The minimum Gasteiger partial charge on any atom is -0.370 e. The summed E-state index contributed by atoms with van der Waals surface area (Å²) >= 11 is 0. The second kappa shape index (κ2) is 1.71. The van der Waals surface area contributed by atoms with Crippen molar-refractivity contribution in [3.8, 4) is 0 Å². The molecule has 4 atom stereocenters. The molecule has 3 fully saturated rings. The second-order valence-corrected chi connectivity index (χ2v) is 6.05. The minimum atomic E-state index is -3.36. The second-order valence-electron chi connectivity index (χ2n) is 4.02. The van der Waals surface area contributed by atoms with Gasteiger partial charge in [-0.25, -0.2) is 0 Å². The van der Waals surface area contributed by atoms with Crippen LogP contribution in [0.5, 0.6) is 0 Å². The lowest BCUT2D eigenvalue weighted by Gasteiger charge is -2.19. The van der Waals surface area contributed by atoms with Gasteiger partial charge in [0.15, 0.2) is 0 Å². The van der Waals surface area contributed by atoms with Crippen LogP contribution in [0, 0.1) is 0 Å². The Hall–Kier alpha value is -0.130. The molecule has 3 aliphatic heterocycles. The van der Waals surface area contributed by atoms with E-state index >= 15 is 0 Å². The van der Waals surface area contributed by atoms with Crippen molar-refractivity contribution in [1.82, 2.24) is 0 Å². The molecular weight excluding hydrogens is 180 g/mol. The molecule has 0 spiro atoms. The third-order valence-corrected chi connectivity index (χ3v) is 5.27. The molecule has 0 N–H and O–H groups in total. The summed E-state index contributed by atoms with van der Waals surface area (Å²) in [5.41, 5.74) is 0. The van der Waals surface area contributed by atoms with Gasteiger partial charge in [-0.3, -0.25) is 4.18 Å². The van der Waals surface area contributed by atoms with E-state index in [0.717, 1.165) is 6.42 Å². The Bertz CT molecular complexity index is 335. The molecule has 68 valence electrons. The number of rotatable bonds is 0. The Labute approximate surface area is 71.0 Å². The van der Waals surface area contributed by atoms with E-state index in [-0.39, 0.29) is 18.3 Å². The summed E-state index contributed by atoms with van der Waals surface area (Å²) in [5.74, 6) is 0. The predicted octanol–water partition coefficient (Wildman–Crippen LogP) is 0.0349. The average Bonchev–Trinajstić information content (AvgIpc) is 2.44. The van der Waals surface area contributed by atoms with Crippen molar-refractivity contribution in [3.05, 3.63) is 0 Å². The molecule has 3 aliphatic rings. The fourth-order valence-corrected chi connectivity index (χ4v) is 4.18. The highest BCUT2D eigenvalue weighted by Gasteiger charge is 2.68. The first-order valence-electron chi connectivity index (χ1n) is 4.11. The van der Waals surface area contributed by atoms with Crippen LogP contribution in [0.1, 0.15) is 19.8 Å². The Morgan fingerprint density at radius 2 is 2.25 bits per heavy atom. The first-order chi connectivity index (χ1) is 5.53. The summed E-state index contributed by atoms with van der Waals surface area (Å²) in [5, 5.41) is 0. The van der Waals surface area contributed by atoms with E-state index in [9.17, 15) is 8.42 Å². The molecule has 0 aromatic carbocycles. The van der Waals surface area contributed by atoms with E-state index in [2.05, 4.69) is 0 Å². The van der Waals surface area contributed by atoms with Crippen molar-refractivity contribution >= 4 is 10.1 Å². The van der Waals surface area contributed by atoms with Gasteiger partial charge in [-0.05, 0) is 13.3 Å². The molecule has 4 unspecified atom stereocenters. The summed E-state index contributed by atoms with van der Waals surface area (Å²) in [6.45, 7) is 1.73. The van der Waals surface area contributed by atoms with Crippen molar-refractivity contribution in [2.75, 3.05) is 0 Å². The Kier molecular flexibility index (Phi) is 1.04. The third-order valence-electron chi connectivity index (χ3n) is 3.23. The lowest BCUT2D eigenvalue weighted by Crippen LogP contribution is -2.40. The Morgan fingerprint density at radius 1 is 1.50 bits per heavy atom. The molecule has 0 amide bonds. The summed E-state index contributed by atoms with van der Waals surface area (Å²) in [6.07, 6.45) is 1.07. The molecule has 4 nitrogen and oxygen atoms in total. The van der Waals surface area contributed by atoms with Gasteiger partial charge in [-0.2, -0.15) is 8.42 Å². The average molecular weight is 190 g/mol. The maximum absolute atomic E-state index is 11.5. The molecule has 0 aromatic heterocycles. The Morgan fingerprint density at radius 3 is 2.75 bits per heavy atom. The van der Waals surface area contributed by atoms with Crippen LogP contribution in [-0.2, 0) is 19.0 Å². The molecule has 3 rings (SSSR count). The van der Waals surface area contributed by atoms with E-state index in [4.69, 9.17) is 8.92 Å². The molecule has 2 bridgehead atoms. The van der Waals surface area contributed by atoms with Gasteiger partial charge in [0.2, 0.25) is 0 Å². The zero-order chi connectivity index (χ0) is 8.56. The highest BCUT2D eigenvalue weighted by atomic mass is 32.2. The van der Waals surface area contributed by atoms with Crippen molar-refractivity contribution in [2.45, 2.75) is 42.8 Å². The molecule has 0 aromatic rings. The fourth-order valence-electron chi connectivity index (χ4n) is 2.58. The van der Waals surface area contributed by atoms with E-state index < -0.39 is 14.9 Å². The SMILES string of the molecule is CC12CC3CC(OS1(=O)=O)C2O3. The molecular formula is C7H10O4S. The van der Waals surface area contributed by atoms with Crippen molar-refractivity contribution < 1.29 is 17.3 Å². The highest BCUT2D eigenvalue weighted by Crippen LogP contribution is 2.53. The zero-order valence-corrected chi connectivity index (χ0v) is 7.50. The smallest absolute Gasteiger partial charge is 0.276 e. The topological polar surface area (TPSA) is 52.6 Å². The third kappa shape index (κ3) is 0.571. The van der Waals surface area contributed by atoms with E-state index in [1.807, 2.05) is 0 Å². The van der Waals surface area contributed by atoms with Crippen LogP contribution < -0.4 is 0 Å². The number of hydrogen-bond acceptors (Lipinski definition) is 4. The Balaban J connectivity index is 2.21. The normalized spacial score (nSPS) is 59.6. The largest absolute Gasteiger partial charge is 0.370 e. The highest BCUT2D eigenvalue weighted by molar-refractivity contribution is 7.88. The fraction of sp³-hybridized carbons (Fsp3) is 1.00. The van der Waals surface area contributed by atoms with Crippen LogP contribution in [0.25, 0.3) is 0 Å². The van der Waals surface area contributed by atoms with Gasteiger partial charge in [-0.1, -0.05) is 0 Å². The quantitative estimate of drug-likeness (QED) is 0.506. The van der Waals surface area contributed by atoms with Gasteiger partial charge in [0.25, 0.3) is 10.1 Å². The van der Waals surface area contributed by atoms with Crippen LogP contribution in [0.2, 0.25) is 0 Å². The summed E-state index contributed by atoms with van der Waals surface area (Å²) in [4.78, 5) is 0. The minimum absolute atomic E-state index is 0.113.